The number of aliphatic hydroxyl groups excluding tert-OH is 1. The summed E-state index contributed by atoms with van der Waals surface area (Å²) in [5.41, 5.74) is 1.05. The Kier molecular flexibility index (Phi) is 6.16. The third-order valence-electron chi connectivity index (χ3n) is 3.64. The average molecular weight is 340 g/mol. The first kappa shape index (κ1) is 18.2. The molecule has 0 aliphatic rings. The van der Waals surface area contributed by atoms with Gasteiger partial charge in [-0.2, -0.15) is 13.2 Å². The van der Waals surface area contributed by atoms with Crippen molar-refractivity contribution in [2.45, 2.75) is 24.7 Å². The van der Waals surface area contributed by atoms with Gasteiger partial charge in [0.15, 0.2) is 0 Å². The fraction of sp³-hybridized carbons (Fsp3) is 0.353. The zero-order valence-corrected chi connectivity index (χ0v) is 13.1. The van der Waals surface area contributed by atoms with Gasteiger partial charge in [-0.05, 0) is 41.8 Å². The Morgan fingerprint density at radius 2 is 1.75 bits per heavy atom. The Bertz CT molecular complexity index is 618. The predicted octanol–water partition coefficient (Wildman–Crippen LogP) is 2.89. The Hall–Kier alpha value is -2.12. The lowest BCUT2D eigenvalue weighted by molar-refractivity contribution is -0.156. The van der Waals surface area contributed by atoms with Gasteiger partial charge in [0.25, 0.3) is 0 Å². The van der Waals surface area contributed by atoms with E-state index in [0.717, 1.165) is 0 Å². The van der Waals surface area contributed by atoms with Crippen LogP contribution in [-0.2, 0) is 6.42 Å². The number of aromatic nitrogens is 1. The molecule has 2 atom stereocenters. The first-order chi connectivity index (χ1) is 11.4. The van der Waals surface area contributed by atoms with Crippen molar-refractivity contribution >= 4 is 0 Å². The summed E-state index contributed by atoms with van der Waals surface area (Å²) in [6, 6.07) is 7.88. The molecule has 0 radical (unpaired) electrons. The first-order valence-electron chi connectivity index (χ1n) is 7.41. The molecule has 0 amide bonds. The summed E-state index contributed by atoms with van der Waals surface area (Å²) in [5, 5.41) is 12.5. The van der Waals surface area contributed by atoms with E-state index in [1.165, 1.54) is 19.5 Å². The van der Waals surface area contributed by atoms with Gasteiger partial charge < -0.3 is 15.2 Å². The van der Waals surface area contributed by atoms with Gasteiger partial charge in [-0.3, -0.25) is 4.98 Å². The standard InChI is InChI=1S/C17H19F3N2O2/c1-24-14-4-2-13(3-5-14)15(23)11-22-16(17(18,19)20)10-12-6-8-21-9-7-12/h2-9,15-16,22-23H,10-11H2,1H3. The van der Waals surface area contributed by atoms with Crippen molar-refractivity contribution in [1.29, 1.82) is 0 Å². The van der Waals surface area contributed by atoms with E-state index < -0.39 is 18.3 Å². The Morgan fingerprint density at radius 3 is 2.29 bits per heavy atom. The van der Waals surface area contributed by atoms with Crippen molar-refractivity contribution in [3.05, 3.63) is 59.9 Å². The maximum absolute atomic E-state index is 13.2. The minimum absolute atomic E-state index is 0.207. The molecule has 2 aromatic rings. The van der Waals surface area contributed by atoms with Crippen LogP contribution in [0, 0.1) is 0 Å². The Morgan fingerprint density at radius 1 is 1.12 bits per heavy atom. The number of ether oxygens (including phenoxy) is 1. The molecule has 0 aliphatic heterocycles. The summed E-state index contributed by atoms with van der Waals surface area (Å²) < 4.78 is 44.6. The maximum Gasteiger partial charge on any atom is 0.404 e. The van der Waals surface area contributed by atoms with E-state index in [1.54, 1.807) is 36.4 Å². The van der Waals surface area contributed by atoms with Gasteiger partial charge in [-0.1, -0.05) is 12.1 Å². The van der Waals surface area contributed by atoms with Crippen LogP contribution in [0.25, 0.3) is 0 Å². The SMILES string of the molecule is COc1ccc(C(O)CNC(Cc2ccncc2)C(F)(F)F)cc1. The molecule has 1 heterocycles. The molecule has 0 fully saturated rings. The molecule has 7 heteroatoms. The average Bonchev–Trinajstić information content (AvgIpc) is 2.58. The van der Waals surface area contributed by atoms with Crippen LogP contribution >= 0.6 is 0 Å². The zero-order valence-electron chi connectivity index (χ0n) is 13.1. The summed E-state index contributed by atoms with van der Waals surface area (Å²) in [4.78, 5) is 3.79. The van der Waals surface area contributed by atoms with Crippen molar-refractivity contribution in [2.24, 2.45) is 0 Å². The third-order valence-corrected chi connectivity index (χ3v) is 3.64. The number of methoxy groups -OCH3 is 1. The minimum Gasteiger partial charge on any atom is -0.497 e. The predicted molar refractivity (Wildman–Crippen MR) is 83.7 cm³/mol. The molecule has 0 saturated carbocycles. The number of rotatable bonds is 7. The molecule has 0 aliphatic carbocycles. The number of pyridine rings is 1. The number of hydrogen-bond acceptors (Lipinski definition) is 4. The highest BCUT2D eigenvalue weighted by Crippen LogP contribution is 2.24. The van der Waals surface area contributed by atoms with Crippen molar-refractivity contribution in [1.82, 2.24) is 10.3 Å². The minimum atomic E-state index is -4.41. The molecule has 2 unspecified atom stereocenters. The lowest BCUT2D eigenvalue weighted by atomic mass is 10.1. The molecule has 0 spiro atoms. The van der Waals surface area contributed by atoms with E-state index in [4.69, 9.17) is 4.74 Å². The lowest BCUT2D eigenvalue weighted by Crippen LogP contribution is -2.45. The fourth-order valence-corrected chi connectivity index (χ4v) is 2.26. The van der Waals surface area contributed by atoms with E-state index in [9.17, 15) is 18.3 Å². The van der Waals surface area contributed by atoms with Crippen LogP contribution in [0.15, 0.2) is 48.8 Å². The number of benzene rings is 1. The second-order valence-corrected chi connectivity index (χ2v) is 5.35. The van der Waals surface area contributed by atoms with Crippen LogP contribution in [0.1, 0.15) is 17.2 Å². The molecule has 4 nitrogen and oxygen atoms in total. The quantitative estimate of drug-likeness (QED) is 0.814. The highest BCUT2D eigenvalue weighted by atomic mass is 19.4. The summed E-state index contributed by atoms with van der Waals surface area (Å²) in [5.74, 6) is 0.616. The normalized spacial score (nSPS) is 14.2. The van der Waals surface area contributed by atoms with Crippen molar-refractivity contribution in [3.63, 3.8) is 0 Å². The summed E-state index contributed by atoms with van der Waals surface area (Å²) in [6.07, 6.45) is -2.77. The molecule has 0 bridgehead atoms. The van der Waals surface area contributed by atoms with Gasteiger partial charge in [-0.15, -0.1) is 0 Å². The second kappa shape index (κ2) is 8.12. The summed E-state index contributed by atoms with van der Waals surface area (Å²) in [7, 11) is 1.51. The largest absolute Gasteiger partial charge is 0.497 e. The highest BCUT2D eigenvalue weighted by Gasteiger charge is 2.39. The number of nitrogens with zero attached hydrogens (tertiary/aromatic N) is 1. The number of halogens is 3. The fourth-order valence-electron chi connectivity index (χ4n) is 2.26. The molecule has 1 aromatic carbocycles. The smallest absolute Gasteiger partial charge is 0.404 e. The molecule has 2 rings (SSSR count). The lowest BCUT2D eigenvalue weighted by Gasteiger charge is -2.23. The van der Waals surface area contributed by atoms with Crippen molar-refractivity contribution < 1.29 is 23.0 Å². The second-order valence-electron chi connectivity index (χ2n) is 5.35. The molecule has 0 saturated heterocycles. The summed E-state index contributed by atoms with van der Waals surface area (Å²) >= 11 is 0. The van der Waals surface area contributed by atoms with Crippen LogP contribution in [0.5, 0.6) is 5.75 Å². The van der Waals surface area contributed by atoms with E-state index in [2.05, 4.69) is 10.3 Å². The molecule has 130 valence electrons. The number of alkyl halides is 3. The molecular formula is C17H19F3N2O2. The molecule has 2 N–H and O–H groups in total. The molecule has 1 aromatic heterocycles. The van der Waals surface area contributed by atoms with E-state index in [1.807, 2.05) is 0 Å². The van der Waals surface area contributed by atoms with E-state index in [0.29, 0.717) is 16.9 Å². The first-order valence-corrected chi connectivity index (χ1v) is 7.41. The number of aliphatic hydroxyl groups is 1. The Balaban J connectivity index is 1.98. The molecule has 24 heavy (non-hydrogen) atoms. The van der Waals surface area contributed by atoms with Gasteiger partial charge in [-0.25, -0.2) is 0 Å². The van der Waals surface area contributed by atoms with Gasteiger partial charge >= 0.3 is 6.18 Å². The van der Waals surface area contributed by atoms with Gasteiger partial charge in [0.1, 0.15) is 11.8 Å². The topological polar surface area (TPSA) is 54.4 Å². The van der Waals surface area contributed by atoms with Crippen molar-refractivity contribution in [2.75, 3.05) is 13.7 Å². The summed E-state index contributed by atoms with van der Waals surface area (Å²) in [6.45, 7) is -0.207. The van der Waals surface area contributed by atoms with E-state index in [-0.39, 0.29) is 13.0 Å². The maximum atomic E-state index is 13.2. The third kappa shape index (κ3) is 5.21. The van der Waals surface area contributed by atoms with Gasteiger partial charge in [0, 0.05) is 18.9 Å². The van der Waals surface area contributed by atoms with Gasteiger partial charge in [0.05, 0.1) is 13.2 Å². The van der Waals surface area contributed by atoms with Crippen LogP contribution in [0.2, 0.25) is 0 Å². The zero-order chi connectivity index (χ0) is 17.6. The van der Waals surface area contributed by atoms with E-state index >= 15 is 0 Å². The molecular weight excluding hydrogens is 321 g/mol. The van der Waals surface area contributed by atoms with Gasteiger partial charge in [0.2, 0.25) is 0 Å². The number of nitrogens with one attached hydrogen (secondary N) is 1. The van der Waals surface area contributed by atoms with Crippen molar-refractivity contribution in [3.8, 4) is 5.75 Å². The van der Waals surface area contributed by atoms with Crippen LogP contribution < -0.4 is 10.1 Å². The van der Waals surface area contributed by atoms with Crippen LogP contribution in [0.3, 0.4) is 0 Å². The van der Waals surface area contributed by atoms with Crippen LogP contribution in [0.4, 0.5) is 13.2 Å². The number of hydrogen-bond donors (Lipinski definition) is 2. The highest BCUT2D eigenvalue weighted by molar-refractivity contribution is 5.28. The van der Waals surface area contributed by atoms with Crippen LogP contribution in [-0.4, -0.2) is 36.0 Å². The monoisotopic (exact) mass is 340 g/mol. The Labute approximate surface area is 138 Å².